The first-order valence-electron chi connectivity index (χ1n) is 6.49. The van der Waals surface area contributed by atoms with Crippen molar-refractivity contribution in [2.75, 3.05) is 5.32 Å². The summed E-state index contributed by atoms with van der Waals surface area (Å²) < 4.78 is 0. The molecule has 1 fully saturated rings. The molecule has 0 spiro atoms. The van der Waals surface area contributed by atoms with E-state index in [2.05, 4.69) is 44.3 Å². The second-order valence-corrected chi connectivity index (χ2v) is 5.43. The predicted molar refractivity (Wildman–Crippen MR) is 71.0 cm³/mol. The normalized spacial score (nSPS) is 25.4. The van der Waals surface area contributed by atoms with E-state index in [-0.39, 0.29) is 0 Å². The number of aryl methyl sites for hydroxylation is 2. The fourth-order valence-electron chi connectivity index (χ4n) is 2.68. The molecule has 1 saturated carbocycles. The standard InChI is InChI=1S/C15H23N/c1-11-5-4-6-14(9-11)16-15-10-12(2)7-8-13(15)3/h7-8,10-11,14,16H,4-6,9H2,1-3H3. The van der Waals surface area contributed by atoms with E-state index in [9.17, 15) is 0 Å². The molecular formula is C15H23N. The highest BCUT2D eigenvalue weighted by atomic mass is 14.9. The Morgan fingerprint density at radius 1 is 1.19 bits per heavy atom. The van der Waals surface area contributed by atoms with Crippen LogP contribution < -0.4 is 5.32 Å². The molecule has 0 aliphatic heterocycles. The monoisotopic (exact) mass is 217 g/mol. The van der Waals surface area contributed by atoms with Crippen molar-refractivity contribution in [3.05, 3.63) is 29.3 Å². The molecule has 0 aromatic heterocycles. The summed E-state index contributed by atoms with van der Waals surface area (Å²) in [6.07, 6.45) is 5.44. The molecule has 1 aliphatic rings. The molecule has 1 N–H and O–H groups in total. The van der Waals surface area contributed by atoms with Gasteiger partial charge in [-0.05, 0) is 49.8 Å². The van der Waals surface area contributed by atoms with Crippen LogP contribution in [0.25, 0.3) is 0 Å². The lowest BCUT2D eigenvalue weighted by molar-refractivity contribution is 0.358. The Balaban J connectivity index is 2.05. The lowest BCUT2D eigenvalue weighted by Gasteiger charge is -2.29. The minimum Gasteiger partial charge on any atom is -0.382 e. The quantitative estimate of drug-likeness (QED) is 0.779. The number of benzene rings is 1. The highest BCUT2D eigenvalue weighted by molar-refractivity contribution is 5.53. The second kappa shape index (κ2) is 4.90. The van der Waals surface area contributed by atoms with E-state index in [0.717, 1.165) is 5.92 Å². The Morgan fingerprint density at radius 2 is 2.00 bits per heavy atom. The van der Waals surface area contributed by atoms with Gasteiger partial charge in [0.2, 0.25) is 0 Å². The van der Waals surface area contributed by atoms with Crippen LogP contribution >= 0.6 is 0 Å². The third kappa shape index (κ3) is 2.78. The first kappa shape index (κ1) is 11.5. The third-order valence-electron chi connectivity index (χ3n) is 3.69. The minimum absolute atomic E-state index is 0.684. The topological polar surface area (TPSA) is 12.0 Å². The van der Waals surface area contributed by atoms with E-state index in [4.69, 9.17) is 0 Å². The molecule has 2 atom stereocenters. The molecule has 1 aliphatic carbocycles. The molecule has 1 heteroatoms. The van der Waals surface area contributed by atoms with Crippen molar-refractivity contribution in [3.63, 3.8) is 0 Å². The molecule has 1 aromatic carbocycles. The fraction of sp³-hybridized carbons (Fsp3) is 0.600. The number of nitrogens with one attached hydrogen (secondary N) is 1. The van der Waals surface area contributed by atoms with Gasteiger partial charge < -0.3 is 5.32 Å². The molecule has 1 aromatic rings. The molecule has 0 bridgehead atoms. The van der Waals surface area contributed by atoms with Gasteiger partial charge in [0, 0.05) is 11.7 Å². The predicted octanol–water partition coefficient (Wildman–Crippen LogP) is 4.29. The van der Waals surface area contributed by atoms with Gasteiger partial charge in [-0.1, -0.05) is 31.9 Å². The molecule has 0 radical (unpaired) electrons. The van der Waals surface area contributed by atoms with Crippen LogP contribution in [-0.4, -0.2) is 6.04 Å². The van der Waals surface area contributed by atoms with Crippen LogP contribution in [0.3, 0.4) is 0 Å². The van der Waals surface area contributed by atoms with Crippen LogP contribution in [0, 0.1) is 19.8 Å². The van der Waals surface area contributed by atoms with E-state index in [1.807, 2.05) is 0 Å². The van der Waals surface area contributed by atoms with Crippen molar-refractivity contribution in [2.45, 2.75) is 52.5 Å². The molecular weight excluding hydrogens is 194 g/mol. The van der Waals surface area contributed by atoms with Gasteiger partial charge in [-0.3, -0.25) is 0 Å². The Morgan fingerprint density at radius 3 is 2.75 bits per heavy atom. The lowest BCUT2D eigenvalue weighted by atomic mass is 9.87. The average molecular weight is 217 g/mol. The zero-order valence-corrected chi connectivity index (χ0v) is 10.7. The van der Waals surface area contributed by atoms with Gasteiger partial charge in [-0.15, -0.1) is 0 Å². The van der Waals surface area contributed by atoms with Crippen molar-refractivity contribution in [2.24, 2.45) is 5.92 Å². The Bertz CT molecular complexity index is 356. The molecule has 0 amide bonds. The summed E-state index contributed by atoms with van der Waals surface area (Å²) in [7, 11) is 0. The highest BCUT2D eigenvalue weighted by Crippen LogP contribution is 2.27. The smallest absolute Gasteiger partial charge is 0.0374 e. The fourth-order valence-corrected chi connectivity index (χ4v) is 2.68. The lowest BCUT2D eigenvalue weighted by Crippen LogP contribution is -2.26. The first-order chi connectivity index (χ1) is 7.65. The van der Waals surface area contributed by atoms with Crippen LogP contribution in [-0.2, 0) is 0 Å². The maximum absolute atomic E-state index is 3.72. The summed E-state index contributed by atoms with van der Waals surface area (Å²) in [5.41, 5.74) is 4.04. The summed E-state index contributed by atoms with van der Waals surface area (Å²) >= 11 is 0. The van der Waals surface area contributed by atoms with Crippen molar-refractivity contribution >= 4 is 5.69 Å². The van der Waals surface area contributed by atoms with Crippen LogP contribution in [0.1, 0.15) is 43.7 Å². The number of rotatable bonds is 2. The average Bonchev–Trinajstić information content (AvgIpc) is 2.24. The zero-order chi connectivity index (χ0) is 11.5. The second-order valence-electron chi connectivity index (χ2n) is 5.43. The molecule has 88 valence electrons. The van der Waals surface area contributed by atoms with Crippen LogP contribution in [0.5, 0.6) is 0 Å². The Labute approximate surface area is 99.3 Å². The summed E-state index contributed by atoms with van der Waals surface area (Å²) in [5, 5.41) is 3.72. The van der Waals surface area contributed by atoms with Crippen LogP contribution in [0.2, 0.25) is 0 Å². The van der Waals surface area contributed by atoms with E-state index in [1.165, 1.54) is 42.5 Å². The van der Waals surface area contributed by atoms with Gasteiger partial charge in [0.05, 0.1) is 0 Å². The van der Waals surface area contributed by atoms with E-state index in [1.54, 1.807) is 0 Å². The maximum atomic E-state index is 3.72. The van der Waals surface area contributed by atoms with E-state index in [0.29, 0.717) is 6.04 Å². The van der Waals surface area contributed by atoms with Gasteiger partial charge in [-0.2, -0.15) is 0 Å². The summed E-state index contributed by atoms with van der Waals surface area (Å²) in [6.45, 7) is 6.72. The van der Waals surface area contributed by atoms with Crippen LogP contribution in [0.15, 0.2) is 18.2 Å². The van der Waals surface area contributed by atoms with Gasteiger partial charge in [0.15, 0.2) is 0 Å². The zero-order valence-electron chi connectivity index (χ0n) is 10.7. The SMILES string of the molecule is Cc1ccc(C)c(NC2CCCC(C)C2)c1. The number of anilines is 1. The third-order valence-corrected chi connectivity index (χ3v) is 3.69. The number of hydrogen-bond donors (Lipinski definition) is 1. The summed E-state index contributed by atoms with van der Waals surface area (Å²) in [5.74, 6) is 0.886. The summed E-state index contributed by atoms with van der Waals surface area (Å²) in [6, 6.07) is 7.35. The van der Waals surface area contributed by atoms with Crippen molar-refractivity contribution in [1.29, 1.82) is 0 Å². The van der Waals surface area contributed by atoms with Crippen molar-refractivity contribution in [3.8, 4) is 0 Å². The largest absolute Gasteiger partial charge is 0.382 e. The van der Waals surface area contributed by atoms with E-state index >= 15 is 0 Å². The van der Waals surface area contributed by atoms with Gasteiger partial charge >= 0.3 is 0 Å². The van der Waals surface area contributed by atoms with Gasteiger partial charge in [0.25, 0.3) is 0 Å². The molecule has 16 heavy (non-hydrogen) atoms. The Hall–Kier alpha value is -0.980. The van der Waals surface area contributed by atoms with Gasteiger partial charge in [-0.25, -0.2) is 0 Å². The van der Waals surface area contributed by atoms with Crippen molar-refractivity contribution in [1.82, 2.24) is 0 Å². The minimum atomic E-state index is 0.684. The van der Waals surface area contributed by atoms with E-state index < -0.39 is 0 Å². The summed E-state index contributed by atoms with van der Waals surface area (Å²) in [4.78, 5) is 0. The molecule has 2 unspecified atom stereocenters. The highest BCUT2D eigenvalue weighted by Gasteiger charge is 2.18. The van der Waals surface area contributed by atoms with Crippen LogP contribution in [0.4, 0.5) is 5.69 Å². The van der Waals surface area contributed by atoms with Crippen molar-refractivity contribution < 1.29 is 0 Å². The number of hydrogen-bond acceptors (Lipinski definition) is 1. The maximum Gasteiger partial charge on any atom is 0.0374 e. The molecule has 0 heterocycles. The molecule has 2 rings (SSSR count). The molecule has 0 saturated heterocycles. The Kier molecular flexibility index (Phi) is 3.52. The molecule has 1 nitrogen and oxygen atoms in total. The first-order valence-corrected chi connectivity index (χ1v) is 6.49. The van der Waals surface area contributed by atoms with Gasteiger partial charge in [0.1, 0.15) is 0 Å².